The Balaban J connectivity index is 2.44. The van der Waals surface area contributed by atoms with Gasteiger partial charge in [0.15, 0.2) is 4.90 Å². The van der Waals surface area contributed by atoms with Crippen molar-refractivity contribution < 1.29 is 18.1 Å². The number of ether oxygens (including phenoxy) is 1. The van der Waals surface area contributed by atoms with Gasteiger partial charge in [0.05, 0.1) is 18.1 Å². The number of sulfonamides is 1. The largest absolute Gasteiger partial charge is 0.385 e. The van der Waals surface area contributed by atoms with E-state index in [1.165, 1.54) is 22.5 Å². The Bertz CT molecular complexity index is 626. The molecule has 0 saturated carbocycles. The second kappa shape index (κ2) is 6.37. The molecule has 1 N–H and O–H groups in total. The third-order valence-electron chi connectivity index (χ3n) is 3.12. The second-order valence-corrected chi connectivity index (χ2v) is 6.39. The van der Waals surface area contributed by atoms with E-state index in [0.717, 1.165) is 0 Å². The van der Waals surface area contributed by atoms with Crippen molar-refractivity contribution in [3.8, 4) is 0 Å². The Hall–Kier alpha value is -1.71. The van der Waals surface area contributed by atoms with Gasteiger partial charge in [-0.15, -0.1) is 0 Å². The molecule has 1 aliphatic rings. The summed E-state index contributed by atoms with van der Waals surface area (Å²) in [5.74, 6) is 0. The van der Waals surface area contributed by atoms with E-state index in [0.29, 0.717) is 25.4 Å². The van der Waals surface area contributed by atoms with Gasteiger partial charge in [-0.3, -0.25) is 10.1 Å². The number of nitro groups is 1. The predicted octanol–water partition coefficient (Wildman–Crippen LogP) is 1.05. The van der Waals surface area contributed by atoms with E-state index in [2.05, 4.69) is 5.32 Å². The van der Waals surface area contributed by atoms with Crippen molar-refractivity contribution in [3.63, 3.8) is 0 Å². The highest BCUT2D eigenvalue weighted by atomic mass is 32.2. The molecule has 0 radical (unpaired) electrons. The van der Waals surface area contributed by atoms with Crippen LogP contribution >= 0.6 is 0 Å². The predicted molar refractivity (Wildman–Crippen MR) is 76.8 cm³/mol. The lowest BCUT2D eigenvalue weighted by molar-refractivity contribution is -0.387. The molecule has 116 valence electrons. The van der Waals surface area contributed by atoms with E-state index in [1.807, 2.05) is 6.92 Å². The fourth-order valence-electron chi connectivity index (χ4n) is 2.12. The number of nitrogens with one attached hydrogen (secondary N) is 1. The Morgan fingerprint density at radius 1 is 1.38 bits per heavy atom. The zero-order chi connectivity index (χ0) is 15.5. The molecule has 1 fully saturated rings. The van der Waals surface area contributed by atoms with Crippen LogP contribution in [-0.2, 0) is 14.8 Å². The summed E-state index contributed by atoms with van der Waals surface area (Å²) in [6.07, 6.45) is 0. The molecule has 9 heteroatoms. The molecule has 0 unspecified atom stereocenters. The molecular weight excluding hydrogens is 298 g/mol. The van der Waals surface area contributed by atoms with Crippen molar-refractivity contribution in [2.75, 3.05) is 38.2 Å². The van der Waals surface area contributed by atoms with Gasteiger partial charge in [0.25, 0.3) is 5.69 Å². The van der Waals surface area contributed by atoms with Crippen molar-refractivity contribution in [2.24, 2.45) is 0 Å². The maximum Gasteiger partial charge on any atom is 0.291 e. The Kier molecular flexibility index (Phi) is 4.76. The number of anilines is 1. The van der Waals surface area contributed by atoms with Gasteiger partial charge in [0.1, 0.15) is 0 Å². The molecule has 0 aliphatic carbocycles. The van der Waals surface area contributed by atoms with Gasteiger partial charge in [-0.25, -0.2) is 8.42 Å². The molecule has 0 spiro atoms. The number of hydrogen-bond donors (Lipinski definition) is 1. The maximum atomic E-state index is 12.5. The highest BCUT2D eigenvalue weighted by molar-refractivity contribution is 7.89. The van der Waals surface area contributed by atoms with Crippen molar-refractivity contribution >= 4 is 21.4 Å². The second-order valence-electron chi connectivity index (χ2n) is 4.49. The molecule has 1 aromatic rings. The Morgan fingerprint density at radius 3 is 2.62 bits per heavy atom. The fourth-order valence-corrected chi connectivity index (χ4v) is 3.66. The van der Waals surface area contributed by atoms with Gasteiger partial charge in [-0.05, 0) is 19.1 Å². The minimum absolute atomic E-state index is 0.203. The maximum absolute atomic E-state index is 12.5. The molecule has 1 aliphatic heterocycles. The molecular formula is C12H17N3O5S. The first-order chi connectivity index (χ1) is 9.96. The minimum Gasteiger partial charge on any atom is -0.385 e. The van der Waals surface area contributed by atoms with E-state index in [1.54, 1.807) is 0 Å². The standard InChI is InChI=1S/C12H17N3O5S/c1-2-13-10-3-4-12(11(9-10)15(16)17)21(18,19)14-5-7-20-8-6-14/h3-4,9,13H,2,5-8H2,1H3. The van der Waals surface area contributed by atoms with Gasteiger partial charge < -0.3 is 10.1 Å². The van der Waals surface area contributed by atoms with E-state index < -0.39 is 20.6 Å². The van der Waals surface area contributed by atoms with Crippen LogP contribution in [0.2, 0.25) is 0 Å². The van der Waals surface area contributed by atoms with Crippen LogP contribution in [0, 0.1) is 10.1 Å². The van der Waals surface area contributed by atoms with Gasteiger partial charge in [0, 0.05) is 31.4 Å². The van der Waals surface area contributed by atoms with Crippen molar-refractivity contribution in [3.05, 3.63) is 28.3 Å². The van der Waals surface area contributed by atoms with Crippen LogP contribution in [0.3, 0.4) is 0 Å². The van der Waals surface area contributed by atoms with Crippen LogP contribution in [-0.4, -0.2) is 50.5 Å². The molecule has 1 aromatic carbocycles. The lowest BCUT2D eigenvalue weighted by atomic mass is 10.3. The molecule has 8 nitrogen and oxygen atoms in total. The van der Waals surface area contributed by atoms with Crippen LogP contribution in [0.4, 0.5) is 11.4 Å². The molecule has 2 rings (SSSR count). The Labute approximate surface area is 122 Å². The highest BCUT2D eigenvalue weighted by Gasteiger charge is 2.32. The summed E-state index contributed by atoms with van der Waals surface area (Å²) < 4.78 is 31.4. The summed E-state index contributed by atoms with van der Waals surface area (Å²) >= 11 is 0. The van der Waals surface area contributed by atoms with Crippen molar-refractivity contribution in [1.82, 2.24) is 4.31 Å². The van der Waals surface area contributed by atoms with Crippen LogP contribution in [0.25, 0.3) is 0 Å². The number of nitro benzene ring substituents is 1. The van der Waals surface area contributed by atoms with Gasteiger partial charge in [0.2, 0.25) is 10.0 Å². The quantitative estimate of drug-likeness (QED) is 0.643. The van der Waals surface area contributed by atoms with E-state index in [9.17, 15) is 18.5 Å². The summed E-state index contributed by atoms with van der Waals surface area (Å²) in [5, 5.41) is 14.1. The van der Waals surface area contributed by atoms with E-state index in [4.69, 9.17) is 4.74 Å². The zero-order valence-electron chi connectivity index (χ0n) is 11.6. The average molecular weight is 315 g/mol. The molecule has 0 bridgehead atoms. The molecule has 21 heavy (non-hydrogen) atoms. The molecule has 0 atom stereocenters. The zero-order valence-corrected chi connectivity index (χ0v) is 12.4. The third-order valence-corrected chi connectivity index (χ3v) is 5.07. The minimum atomic E-state index is -3.89. The molecule has 0 aromatic heterocycles. The van der Waals surface area contributed by atoms with Gasteiger partial charge in [-0.2, -0.15) is 4.31 Å². The van der Waals surface area contributed by atoms with Crippen LogP contribution in [0.1, 0.15) is 6.92 Å². The molecule has 1 heterocycles. The van der Waals surface area contributed by atoms with Crippen molar-refractivity contribution in [1.29, 1.82) is 0 Å². The summed E-state index contributed by atoms with van der Waals surface area (Å²) in [5.41, 5.74) is 0.102. The smallest absolute Gasteiger partial charge is 0.291 e. The highest BCUT2D eigenvalue weighted by Crippen LogP contribution is 2.29. The van der Waals surface area contributed by atoms with Crippen LogP contribution in [0.5, 0.6) is 0 Å². The monoisotopic (exact) mass is 315 g/mol. The average Bonchev–Trinajstić information content (AvgIpc) is 2.48. The summed E-state index contributed by atoms with van der Waals surface area (Å²) in [6.45, 7) is 3.44. The number of benzene rings is 1. The van der Waals surface area contributed by atoms with Crippen molar-refractivity contribution in [2.45, 2.75) is 11.8 Å². The molecule has 1 saturated heterocycles. The fraction of sp³-hybridized carbons (Fsp3) is 0.500. The normalized spacial score (nSPS) is 16.6. The lowest BCUT2D eigenvalue weighted by Crippen LogP contribution is -2.40. The number of morpholine rings is 1. The van der Waals surface area contributed by atoms with Gasteiger partial charge in [-0.1, -0.05) is 0 Å². The van der Waals surface area contributed by atoms with E-state index in [-0.39, 0.29) is 18.0 Å². The number of nitrogens with zero attached hydrogens (tertiary/aromatic N) is 2. The van der Waals surface area contributed by atoms with Crippen LogP contribution < -0.4 is 5.32 Å². The summed E-state index contributed by atoms with van der Waals surface area (Å²) in [6, 6.07) is 4.06. The number of hydrogen-bond acceptors (Lipinski definition) is 6. The lowest BCUT2D eigenvalue weighted by Gasteiger charge is -2.25. The van der Waals surface area contributed by atoms with E-state index >= 15 is 0 Å². The first-order valence-corrected chi connectivity index (χ1v) is 8.01. The summed E-state index contributed by atoms with van der Waals surface area (Å²) in [4.78, 5) is 10.2. The third kappa shape index (κ3) is 3.31. The first-order valence-electron chi connectivity index (χ1n) is 6.57. The Morgan fingerprint density at radius 2 is 2.05 bits per heavy atom. The van der Waals surface area contributed by atoms with Crippen LogP contribution in [0.15, 0.2) is 23.1 Å². The molecule has 0 amide bonds. The first kappa shape index (κ1) is 15.7. The topological polar surface area (TPSA) is 102 Å². The summed E-state index contributed by atoms with van der Waals surface area (Å²) in [7, 11) is -3.89. The number of rotatable bonds is 5. The van der Waals surface area contributed by atoms with Gasteiger partial charge >= 0.3 is 0 Å². The SMILES string of the molecule is CCNc1ccc(S(=O)(=O)N2CCOCC2)c([N+](=O)[O-])c1.